The molecule has 4 N–H and O–H groups in total. The van der Waals surface area contributed by atoms with Crippen molar-refractivity contribution in [3.05, 3.63) is 72.7 Å². The SMILES string of the molecule is C1CCNCC1.O=c1[nH]c(/C=C/c2c[nH]c3ccccc23)c([N+](=O)[O-])c(=O)[nH]1. The van der Waals surface area contributed by atoms with E-state index in [4.69, 9.17) is 0 Å². The average Bonchev–Trinajstić information content (AvgIpc) is 3.10. The van der Waals surface area contributed by atoms with Gasteiger partial charge in [-0.05, 0) is 43.6 Å². The summed E-state index contributed by atoms with van der Waals surface area (Å²) in [5, 5.41) is 15.2. The van der Waals surface area contributed by atoms with Crippen molar-refractivity contribution in [3.63, 3.8) is 0 Å². The summed E-state index contributed by atoms with van der Waals surface area (Å²) in [5.74, 6) is 0. The summed E-state index contributed by atoms with van der Waals surface area (Å²) in [4.78, 5) is 40.1. The highest BCUT2D eigenvalue weighted by Crippen LogP contribution is 2.20. The first-order valence-corrected chi connectivity index (χ1v) is 9.02. The number of aromatic amines is 3. The molecule has 1 aliphatic rings. The van der Waals surface area contributed by atoms with Crippen LogP contribution in [-0.4, -0.2) is 33.0 Å². The number of rotatable bonds is 3. The smallest absolute Gasteiger partial charge is 0.357 e. The minimum Gasteiger partial charge on any atom is -0.361 e. The summed E-state index contributed by atoms with van der Waals surface area (Å²) >= 11 is 0. The van der Waals surface area contributed by atoms with Gasteiger partial charge in [0.15, 0.2) is 0 Å². The monoisotopic (exact) mass is 383 g/mol. The van der Waals surface area contributed by atoms with Crippen LogP contribution in [-0.2, 0) is 0 Å². The molecule has 28 heavy (non-hydrogen) atoms. The number of para-hydroxylation sites is 1. The van der Waals surface area contributed by atoms with Crippen molar-refractivity contribution in [2.24, 2.45) is 0 Å². The van der Waals surface area contributed by atoms with E-state index in [-0.39, 0.29) is 5.69 Å². The van der Waals surface area contributed by atoms with E-state index in [1.165, 1.54) is 38.4 Å². The Kier molecular flexibility index (Phi) is 6.18. The maximum atomic E-state index is 11.5. The van der Waals surface area contributed by atoms with Crippen LogP contribution in [0.5, 0.6) is 0 Å². The van der Waals surface area contributed by atoms with Gasteiger partial charge in [0.1, 0.15) is 5.69 Å². The Morgan fingerprint density at radius 2 is 1.75 bits per heavy atom. The van der Waals surface area contributed by atoms with Crippen molar-refractivity contribution in [2.45, 2.75) is 19.3 Å². The van der Waals surface area contributed by atoms with Crippen LogP contribution in [0.1, 0.15) is 30.5 Å². The number of H-pyrrole nitrogens is 3. The van der Waals surface area contributed by atoms with Gasteiger partial charge in [0, 0.05) is 17.1 Å². The molecule has 0 amide bonds. The van der Waals surface area contributed by atoms with Crippen molar-refractivity contribution in [3.8, 4) is 0 Å². The number of hydrogen-bond acceptors (Lipinski definition) is 5. The van der Waals surface area contributed by atoms with Crippen molar-refractivity contribution in [1.82, 2.24) is 20.3 Å². The molecule has 0 spiro atoms. The molecule has 0 aliphatic carbocycles. The summed E-state index contributed by atoms with van der Waals surface area (Å²) in [7, 11) is 0. The van der Waals surface area contributed by atoms with E-state index in [1.54, 1.807) is 12.3 Å². The molecule has 0 bridgehead atoms. The largest absolute Gasteiger partial charge is 0.361 e. The van der Waals surface area contributed by atoms with Crippen molar-refractivity contribution in [2.75, 3.05) is 13.1 Å². The van der Waals surface area contributed by atoms with Gasteiger partial charge in [-0.25, -0.2) is 4.79 Å². The van der Waals surface area contributed by atoms with Crippen LogP contribution in [0.4, 0.5) is 5.69 Å². The summed E-state index contributed by atoms with van der Waals surface area (Å²) in [6.07, 6.45) is 8.88. The molecule has 146 valence electrons. The Balaban J connectivity index is 0.000000320. The van der Waals surface area contributed by atoms with E-state index in [0.717, 1.165) is 16.5 Å². The van der Waals surface area contributed by atoms with E-state index in [2.05, 4.69) is 15.3 Å². The predicted octanol–water partition coefficient (Wildman–Crippen LogP) is 2.38. The van der Waals surface area contributed by atoms with Crippen LogP contribution in [0.25, 0.3) is 23.1 Å². The minimum absolute atomic E-state index is 0.149. The number of benzene rings is 1. The summed E-state index contributed by atoms with van der Waals surface area (Å²) in [5.41, 5.74) is -0.983. The number of hydrogen-bond donors (Lipinski definition) is 4. The zero-order valence-electron chi connectivity index (χ0n) is 15.2. The summed E-state index contributed by atoms with van der Waals surface area (Å²) in [6.45, 7) is 2.50. The lowest BCUT2D eigenvalue weighted by Gasteiger charge is -2.08. The number of nitrogens with one attached hydrogen (secondary N) is 4. The van der Waals surface area contributed by atoms with Crippen LogP contribution in [0.2, 0.25) is 0 Å². The van der Waals surface area contributed by atoms with E-state index >= 15 is 0 Å². The van der Waals surface area contributed by atoms with Gasteiger partial charge < -0.3 is 15.3 Å². The predicted molar refractivity (Wildman–Crippen MR) is 108 cm³/mol. The van der Waals surface area contributed by atoms with Crippen LogP contribution in [0.3, 0.4) is 0 Å². The van der Waals surface area contributed by atoms with Gasteiger partial charge in [0.2, 0.25) is 0 Å². The second-order valence-electron chi connectivity index (χ2n) is 6.36. The zero-order chi connectivity index (χ0) is 19.9. The van der Waals surface area contributed by atoms with Crippen molar-refractivity contribution in [1.29, 1.82) is 0 Å². The topological polar surface area (TPSA) is 137 Å². The highest BCUT2D eigenvalue weighted by Gasteiger charge is 2.18. The second kappa shape index (κ2) is 8.96. The van der Waals surface area contributed by atoms with Gasteiger partial charge in [0.25, 0.3) is 0 Å². The van der Waals surface area contributed by atoms with Gasteiger partial charge in [-0.15, -0.1) is 0 Å². The molecule has 1 aliphatic heterocycles. The highest BCUT2D eigenvalue weighted by molar-refractivity contribution is 5.91. The third-order valence-corrected chi connectivity index (χ3v) is 4.39. The third-order valence-electron chi connectivity index (χ3n) is 4.39. The zero-order valence-corrected chi connectivity index (χ0v) is 15.2. The van der Waals surface area contributed by atoms with Crippen molar-refractivity contribution >= 4 is 28.7 Å². The first-order chi connectivity index (χ1) is 13.6. The van der Waals surface area contributed by atoms with Gasteiger partial charge in [-0.1, -0.05) is 30.7 Å². The number of nitro groups is 1. The van der Waals surface area contributed by atoms with Crippen LogP contribution in [0.15, 0.2) is 40.1 Å². The molecule has 1 fully saturated rings. The molecule has 4 rings (SSSR count). The molecule has 0 atom stereocenters. The molecule has 0 radical (unpaired) electrons. The van der Waals surface area contributed by atoms with E-state index in [1.807, 2.05) is 29.2 Å². The average molecular weight is 383 g/mol. The maximum absolute atomic E-state index is 11.5. The number of nitrogens with zero attached hydrogens (tertiary/aromatic N) is 1. The molecule has 1 aromatic carbocycles. The molecule has 3 aromatic rings. The minimum atomic E-state index is -1.03. The molecule has 9 heteroatoms. The Morgan fingerprint density at radius 1 is 1.00 bits per heavy atom. The Bertz CT molecular complexity index is 1090. The van der Waals surface area contributed by atoms with E-state index in [9.17, 15) is 19.7 Å². The molecule has 1 saturated heterocycles. The fourth-order valence-corrected chi connectivity index (χ4v) is 3.01. The Morgan fingerprint density at radius 3 is 2.39 bits per heavy atom. The number of piperidine rings is 1. The lowest BCUT2D eigenvalue weighted by molar-refractivity contribution is -0.386. The highest BCUT2D eigenvalue weighted by atomic mass is 16.6. The third kappa shape index (κ3) is 4.63. The number of aromatic nitrogens is 3. The summed E-state index contributed by atoms with van der Waals surface area (Å²) < 4.78 is 0. The summed E-state index contributed by atoms with van der Waals surface area (Å²) in [6, 6.07) is 7.53. The first kappa shape index (κ1) is 19.3. The fourth-order valence-electron chi connectivity index (χ4n) is 3.01. The van der Waals surface area contributed by atoms with Gasteiger partial charge in [0.05, 0.1) is 4.92 Å². The van der Waals surface area contributed by atoms with Crippen LogP contribution in [0, 0.1) is 10.1 Å². The maximum Gasteiger partial charge on any atom is 0.357 e. The van der Waals surface area contributed by atoms with E-state index < -0.39 is 21.9 Å². The first-order valence-electron chi connectivity index (χ1n) is 9.02. The molecule has 2 aromatic heterocycles. The second-order valence-corrected chi connectivity index (χ2v) is 6.36. The lowest BCUT2D eigenvalue weighted by atomic mass is 10.1. The molecule has 3 heterocycles. The van der Waals surface area contributed by atoms with Crippen LogP contribution < -0.4 is 16.6 Å². The standard InChI is InChI=1S/C14H10N4O4.C5H11N/c19-13-12(18(21)22)11(16-14(20)17-13)6-5-8-7-15-10-4-2-1-3-9(8)10;1-2-4-6-5-3-1/h1-7,15H,(H2,16,17,19,20);6H,1-5H2/b6-5+;. The molecular weight excluding hydrogens is 362 g/mol. The normalized spacial score (nSPS) is 14.0. The van der Waals surface area contributed by atoms with Gasteiger partial charge >= 0.3 is 16.9 Å². The molecule has 0 saturated carbocycles. The number of fused-ring (bicyclic) bond motifs is 1. The van der Waals surface area contributed by atoms with Crippen molar-refractivity contribution < 1.29 is 4.92 Å². The van der Waals surface area contributed by atoms with Gasteiger partial charge in [-0.3, -0.25) is 19.9 Å². The Labute approximate surface area is 159 Å². The Hall–Kier alpha value is -3.46. The quantitative estimate of drug-likeness (QED) is 0.406. The molecular formula is C19H21N5O4. The van der Waals surface area contributed by atoms with Gasteiger partial charge in [-0.2, -0.15) is 0 Å². The lowest BCUT2D eigenvalue weighted by Crippen LogP contribution is -2.25. The van der Waals surface area contributed by atoms with Crippen LogP contribution >= 0.6 is 0 Å². The molecule has 9 nitrogen and oxygen atoms in total. The fraction of sp³-hybridized carbons (Fsp3) is 0.263. The molecule has 0 unspecified atom stereocenters. The van der Waals surface area contributed by atoms with E-state index in [0.29, 0.717) is 0 Å².